The number of hydrogen-bond donors (Lipinski definition) is 0. The number of hydroxylamine groups is 1. The monoisotopic (exact) mass is 302 g/mol. The molecular formula is C11H14N2O6S. The van der Waals surface area contributed by atoms with Crippen molar-refractivity contribution in [1.82, 2.24) is 4.47 Å². The Hall–Kier alpha value is -2.00. The van der Waals surface area contributed by atoms with Gasteiger partial charge in [-0.15, -0.1) is 0 Å². The van der Waals surface area contributed by atoms with E-state index in [1.807, 2.05) is 0 Å². The summed E-state index contributed by atoms with van der Waals surface area (Å²) in [5.74, 6) is -0.725. The molecule has 0 heterocycles. The lowest BCUT2D eigenvalue weighted by molar-refractivity contribution is -0.387. The number of nitro groups is 1. The molecule has 0 amide bonds. The summed E-state index contributed by atoms with van der Waals surface area (Å²) in [6.45, 7) is 1.73. The summed E-state index contributed by atoms with van der Waals surface area (Å²) >= 11 is 0. The average molecular weight is 302 g/mol. The van der Waals surface area contributed by atoms with Crippen LogP contribution in [-0.4, -0.2) is 30.8 Å². The van der Waals surface area contributed by atoms with Crippen LogP contribution in [0.5, 0.6) is 0 Å². The number of benzene rings is 1. The number of nitro benzene ring substituents is 1. The quantitative estimate of drug-likeness (QED) is 0.582. The van der Waals surface area contributed by atoms with E-state index >= 15 is 0 Å². The maximum atomic E-state index is 12.1. The van der Waals surface area contributed by atoms with Gasteiger partial charge in [-0.25, -0.2) is 8.42 Å². The lowest BCUT2D eigenvalue weighted by Crippen LogP contribution is -2.30. The van der Waals surface area contributed by atoms with Gasteiger partial charge in [-0.3, -0.25) is 14.9 Å². The standard InChI is InChI=1S/C11H14N2O6S/c1-3-6-11(14)19-12(2)20(17,18)10-8-5-4-7-9(10)13(15)16/h4-5,7-8H,3,6H2,1-2H3. The van der Waals surface area contributed by atoms with Crippen LogP contribution >= 0.6 is 0 Å². The van der Waals surface area contributed by atoms with Gasteiger partial charge in [0, 0.05) is 19.5 Å². The number of para-hydroxylation sites is 1. The Morgan fingerprint density at radius 2 is 2.00 bits per heavy atom. The fraction of sp³-hybridized carbons (Fsp3) is 0.364. The molecule has 0 saturated heterocycles. The van der Waals surface area contributed by atoms with Crippen LogP contribution in [0.25, 0.3) is 0 Å². The van der Waals surface area contributed by atoms with E-state index in [1.165, 1.54) is 12.1 Å². The van der Waals surface area contributed by atoms with E-state index in [-0.39, 0.29) is 6.42 Å². The first kappa shape index (κ1) is 16.1. The van der Waals surface area contributed by atoms with Crippen LogP contribution in [-0.2, 0) is 19.7 Å². The normalized spacial score (nSPS) is 11.3. The number of carbonyl (C=O) groups is 1. The molecule has 0 spiro atoms. The van der Waals surface area contributed by atoms with Crippen molar-refractivity contribution in [1.29, 1.82) is 0 Å². The SMILES string of the molecule is CCCC(=O)ON(C)S(=O)(=O)c1ccccc1[N+](=O)[O-]. The summed E-state index contributed by atoms with van der Waals surface area (Å²) < 4.78 is 24.6. The molecule has 9 heteroatoms. The van der Waals surface area contributed by atoms with E-state index in [4.69, 9.17) is 0 Å². The average Bonchev–Trinajstić information content (AvgIpc) is 2.38. The zero-order valence-electron chi connectivity index (χ0n) is 11.0. The van der Waals surface area contributed by atoms with Gasteiger partial charge in [-0.2, -0.15) is 0 Å². The first-order valence-corrected chi connectivity index (χ1v) is 7.17. The van der Waals surface area contributed by atoms with Crippen molar-refractivity contribution < 1.29 is 23.0 Å². The van der Waals surface area contributed by atoms with Crippen LogP contribution in [0.3, 0.4) is 0 Å². The molecule has 8 nitrogen and oxygen atoms in total. The molecule has 0 N–H and O–H groups in total. The molecule has 0 saturated carbocycles. The second-order valence-electron chi connectivity index (χ2n) is 3.85. The largest absolute Gasteiger partial charge is 0.353 e. The number of sulfonamides is 1. The van der Waals surface area contributed by atoms with Crippen LogP contribution in [0.4, 0.5) is 5.69 Å². The maximum Gasteiger partial charge on any atom is 0.326 e. The minimum Gasteiger partial charge on any atom is -0.353 e. The van der Waals surface area contributed by atoms with Gasteiger partial charge in [0.1, 0.15) is 0 Å². The van der Waals surface area contributed by atoms with Crippen LogP contribution in [0.15, 0.2) is 29.2 Å². The van der Waals surface area contributed by atoms with E-state index in [0.717, 1.165) is 19.2 Å². The molecule has 0 aliphatic carbocycles. The fourth-order valence-corrected chi connectivity index (χ4v) is 2.52. The van der Waals surface area contributed by atoms with Gasteiger partial charge in [0.05, 0.1) is 4.92 Å². The van der Waals surface area contributed by atoms with E-state index < -0.39 is 31.5 Å². The molecule has 1 rings (SSSR count). The number of hydrogen-bond acceptors (Lipinski definition) is 6. The molecule has 0 bridgehead atoms. The molecule has 0 fully saturated rings. The predicted molar refractivity (Wildman–Crippen MR) is 69.0 cm³/mol. The van der Waals surface area contributed by atoms with E-state index in [1.54, 1.807) is 6.92 Å². The van der Waals surface area contributed by atoms with Gasteiger partial charge < -0.3 is 4.84 Å². The van der Waals surface area contributed by atoms with Crippen LogP contribution in [0.2, 0.25) is 0 Å². The summed E-state index contributed by atoms with van der Waals surface area (Å²) in [5, 5.41) is 10.8. The molecule has 1 aromatic rings. The third-order valence-corrected chi connectivity index (χ3v) is 4.02. The molecule has 1 aromatic carbocycles. The zero-order valence-corrected chi connectivity index (χ0v) is 11.8. The predicted octanol–water partition coefficient (Wildman–Crippen LogP) is 1.47. The molecule has 0 aliphatic rings. The number of carbonyl (C=O) groups excluding carboxylic acids is 1. The summed E-state index contributed by atoms with van der Waals surface area (Å²) in [7, 11) is -3.27. The minimum absolute atomic E-state index is 0.0523. The second kappa shape index (κ2) is 6.44. The van der Waals surface area contributed by atoms with Crippen molar-refractivity contribution in [2.24, 2.45) is 0 Å². The smallest absolute Gasteiger partial charge is 0.326 e. The summed E-state index contributed by atoms with van der Waals surface area (Å²) in [6, 6.07) is 4.84. The molecule has 20 heavy (non-hydrogen) atoms. The van der Waals surface area contributed by atoms with Crippen LogP contribution < -0.4 is 0 Å². The number of rotatable bonds is 6. The lowest BCUT2D eigenvalue weighted by Gasteiger charge is -2.16. The molecule has 0 atom stereocenters. The lowest BCUT2D eigenvalue weighted by atomic mass is 10.3. The second-order valence-corrected chi connectivity index (χ2v) is 5.76. The van der Waals surface area contributed by atoms with Gasteiger partial charge in [0.25, 0.3) is 15.7 Å². The Balaban J connectivity index is 3.11. The molecule has 0 aromatic heterocycles. The summed E-state index contributed by atoms with van der Waals surface area (Å²) in [6.07, 6.45) is 0.551. The Bertz CT molecular complexity index is 613. The third-order valence-electron chi connectivity index (χ3n) is 2.36. The van der Waals surface area contributed by atoms with Crippen LogP contribution in [0.1, 0.15) is 19.8 Å². The molecular weight excluding hydrogens is 288 g/mol. The fourth-order valence-electron chi connectivity index (χ4n) is 1.41. The van der Waals surface area contributed by atoms with E-state index in [2.05, 4.69) is 4.84 Å². The molecule has 0 aliphatic heterocycles. The van der Waals surface area contributed by atoms with Crippen LogP contribution in [0, 0.1) is 10.1 Å². The highest BCUT2D eigenvalue weighted by Crippen LogP contribution is 2.25. The van der Waals surface area contributed by atoms with Gasteiger partial charge in [0.2, 0.25) is 0 Å². The minimum atomic E-state index is -4.28. The Morgan fingerprint density at radius 1 is 1.40 bits per heavy atom. The van der Waals surface area contributed by atoms with Crippen molar-refractivity contribution in [3.63, 3.8) is 0 Å². The van der Waals surface area contributed by atoms with Gasteiger partial charge in [0.15, 0.2) is 4.90 Å². The van der Waals surface area contributed by atoms with Crippen molar-refractivity contribution in [3.05, 3.63) is 34.4 Å². The highest BCUT2D eigenvalue weighted by molar-refractivity contribution is 7.89. The number of nitrogens with zero attached hydrogens (tertiary/aromatic N) is 2. The first-order valence-electron chi connectivity index (χ1n) is 5.73. The highest BCUT2D eigenvalue weighted by atomic mass is 32.2. The highest BCUT2D eigenvalue weighted by Gasteiger charge is 2.31. The maximum absolute atomic E-state index is 12.1. The summed E-state index contributed by atoms with van der Waals surface area (Å²) in [4.78, 5) is 25.4. The van der Waals surface area contributed by atoms with Crippen molar-refractivity contribution in [3.8, 4) is 0 Å². The zero-order chi connectivity index (χ0) is 15.3. The Kier molecular flexibility index (Phi) is 5.17. The van der Waals surface area contributed by atoms with E-state index in [0.29, 0.717) is 10.9 Å². The van der Waals surface area contributed by atoms with Crippen molar-refractivity contribution in [2.45, 2.75) is 24.7 Å². The Labute approximate surface area is 116 Å². The van der Waals surface area contributed by atoms with E-state index in [9.17, 15) is 23.3 Å². The van der Waals surface area contributed by atoms with Crippen molar-refractivity contribution in [2.75, 3.05) is 7.05 Å². The molecule has 110 valence electrons. The van der Waals surface area contributed by atoms with Gasteiger partial charge >= 0.3 is 5.97 Å². The molecule has 0 radical (unpaired) electrons. The molecule has 0 unspecified atom stereocenters. The van der Waals surface area contributed by atoms with Gasteiger partial charge in [-0.05, 0) is 17.0 Å². The van der Waals surface area contributed by atoms with Gasteiger partial charge in [-0.1, -0.05) is 19.1 Å². The van der Waals surface area contributed by atoms with Crippen molar-refractivity contribution >= 4 is 21.7 Å². The topological polar surface area (TPSA) is 107 Å². The Morgan fingerprint density at radius 3 is 2.55 bits per heavy atom. The first-order chi connectivity index (χ1) is 9.30. The summed E-state index contributed by atoms with van der Waals surface area (Å²) in [5.41, 5.74) is -0.578. The third kappa shape index (κ3) is 3.52.